The van der Waals surface area contributed by atoms with Crippen molar-refractivity contribution in [2.24, 2.45) is 0 Å². The number of hydrogen-bond acceptors (Lipinski definition) is 4. The van der Waals surface area contributed by atoms with Gasteiger partial charge in [-0.05, 0) is 32.3 Å². The van der Waals surface area contributed by atoms with Crippen LogP contribution in [0.5, 0.6) is 0 Å². The quantitative estimate of drug-likeness (QED) is 0.801. The molecule has 0 aliphatic heterocycles. The number of hydrogen-bond donors (Lipinski definition) is 0. The Bertz CT molecular complexity index is 672. The van der Waals surface area contributed by atoms with Crippen molar-refractivity contribution in [3.05, 3.63) is 58.0 Å². The molecule has 20 heavy (non-hydrogen) atoms. The molecule has 0 spiro atoms. The molecule has 0 aliphatic carbocycles. The second-order valence-electron chi connectivity index (χ2n) is 4.64. The maximum absolute atomic E-state index is 12.7. The van der Waals surface area contributed by atoms with Crippen LogP contribution in [0.25, 0.3) is 5.95 Å². The Kier molecular flexibility index (Phi) is 4.34. The van der Waals surface area contributed by atoms with Crippen LogP contribution < -0.4 is 5.56 Å². The molecule has 0 amide bonds. The predicted molar refractivity (Wildman–Crippen MR) is 73.1 cm³/mol. The summed E-state index contributed by atoms with van der Waals surface area (Å²) in [5, 5.41) is 4.01. The summed E-state index contributed by atoms with van der Waals surface area (Å²) < 4.78 is 13.8. The first kappa shape index (κ1) is 14.0. The number of allylic oxidation sites excluding steroid dienone is 2. The molecule has 0 aliphatic rings. The second kappa shape index (κ2) is 6.18. The number of rotatable bonds is 4. The first-order valence-corrected chi connectivity index (χ1v) is 6.26. The van der Waals surface area contributed by atoms with Gasteiger partial charge in [0.2, 0.25) is 0 Å². The normalized spacial score (nSPS) is 10.3. The molecular formula is C14H15FN4O. The lowest BCUT2D eigenvalue weighted by molar-refractivity contribution is 0.606. The fraction of sp³-hybridized carbons (Fsp3) is 0.286. The molecule has 6 heteroatoms. The summed E-state index contributed by atoms with van der Waals surface area (Å²) >= 11 is 0. The predicted octanol–water partition coefficient (Wildman–Crippen LogP) is 2.06. The van der Waals surface area contributed by atoms with E-state index in [1.165, 1.54) is 11.6 Å². The van der Waals surface area contributed by atoms with E-state index in [0.717, 1.165) is 35.5 Å². The molecule has 2 heterocycles. The largest absolute Gasteiger partial charge is 0.274 e. The zero-order chi connectivity index (χ0) is 14.5. The maximum atomic E-state index is 12.7. The average molecular weight is 274 g/mol. The van der Waals surface area contributed by atoms with E-state index in [-0.39, 0.29) is 11.5 Å². The van der Waals surface area contributed by atoms with Crippen LogP contribution in [-0.2, 0) is 6.42 Å². The highest BCUT2D eigenvalue weighted by Gasteiger charge is 2.05. The summed E-state index contributed by atoms with van der Waals surface area (Å²) in [6.45, 7) is 4.06. The van der Waals surface area contributed by atoms with Gasteiger partial charge in [-0.15, -0.1) is 0 Å². The molecule has 0 atom stereocenters. The topological polar surface area (TPSA) is 60.7 Å². The monoisotopic (exact) mass is 274 g/mol. The van der Waals surface area contributed by atoms with Crippen LogP contribution in [0.4, 0.5) is 4.39 Å². The molecule has 0 radical (unpaired) electrons. The van der Waals surface area contributed by atoms with Gasteiger partial charge in [-0.2, -0.15) is 9.78 Å². The highest BCUT2D eigenvalue weighted by Crippen LogP contribution is 2.03. The van der Waals surface area contributed by atoms with Crippen molar-refractivity contribution in [2.45, 2.75) is 26.7 Å². The minimum absolute atomic E-state index is 0.0623. The lowest BCUT2D eigenvalue weighted by atomic mass is 10.1. The molecule has 0 fully saturated rings. The first-order chi connectivity index (χ1) is 9.56. The maximum Gasteiger partial charge on any atom is 0.274 e. The molecular weight excluding hydrogens is 259 g/mol. The molecule has 2 aromatic rings. The van der Waals surface area contributed by atoms with Crippen molar-refractivity contribution in [2.75, 3.05) is 0 Å². The van der Waals surface area contributed by atoms with Gasteiger partial charge in [0.1, 0.15) is 0 Å². The fourth-order valence-electron chi connectivity index (χ4n) is 1.68. The van der Waals surface area contributed by atoms with Gasteiger partial charge in [0.25, 0.3) is 11.5 Å². The first-order valence-electron chi connectivity index (χ1n) is 6.26. The minimum Gasteiger partial charge on any atom is -0.267 e. The number of aryl methyl sites for hydroxylation is 1. The second-order valence-corrected chi connectivity index (χ2v) is 4.64. The fourth-order valence-corrected chi connectivity index (χ4v) is 1.68. The molecule has 0 N–H and O–H groups in total. The minimum atomic E-state index is -0.555. The van der Waals surface area contributed by atoms with Gasteiger partial charge in [0.15, 0.2) is 5.82 Å². The molecule has 0 saturated carbocycles. The van der Waals surface area contributed by atoms with Gasteiger partial charge >= 0.3 is 0 Å². The van der Waals surface area contributed by atoms with Crippen molar-refractivity contribution in [1.82, 2.24) is 19.7 Å². The summed E-state index contributed by atoms with van der Waals surface area (Å²) in [6.07, 6.45) is 7.32. The van der Waals surface area contributed by atoms with E-state index in [0.29, 0.717) is 0 Å². The summed E-state index contributed by atoms with van der Waals surface area (Å²) in [5.41, 5.74) is 1.77. The van der Waals surface area contributed by atoms with Gasteiger partial charge in [0, 0.05) is 6.07 Å². The third-order valence-corrected chi connectivity index (χ3v) is 2.64. The van der Waals surface area contributed by atoms with E-state index in [1.54, 1.807) is 6.20 Å². The van der Waals surface area contributed by atoms with Crippen molar-refractivity contribution in [1.29, 1.82) is 0 Å². The Morgan fingerprint density at radius 3 is 2.60 bits per heavy atom. The smallest absolute Gasteiger partial charge is 0.267 e. The van der Waals surface area contributed by atoms with E-state index in [9.17, 15) is 9.18 Å². The van der Waals surface area contributed by atoms with Crippen LogP contribution in [0.3, 0.4) is 0 Å². The van der Waals surface area contributed by atoms with Gasteiger partial charge in [0.05, 0.1) is 18.6 Å². The number of halogens is 1. The Morgan fingerprint density at radius 2 is 2.00 bits per heavy atom. The Hall–Kier alpha value is -2.37. The van der Waals surface area contributed by atoms with E-state index in [4.69, 9.17) is 0 Å². The van der Waals surface area contributed by atoms with Crippen LogP contribution in [0.15, 0.2) is 41.1 Å². The molecule has 0 unspecified atom stereocenters. The summed E-state index contributed by atoms with van der Waals surface area (Å²) in [4.78, 5) is 19.4. The van der Waals surface area contributed by atoms with Crippen LogP contribution in [0.1, 0.15) is 25.8 Å². The number of nitrogens with zero attached hydrogens (tertiary/aromatic N) is 4. The van der Waals surface area contributed by atoms with Gasteiger partial charge in [-0.25, -0.2) is 14.4 Å². The third kappa shape index (κ3) is 3.57. The van der Waals surface area contributed by atoms with Crippen LogP contribution >= 0.6 is 0 Å². The Morgan fingerprint density at radius 1 is 1.30 bits per heavy atom. The lowest BCUT2D eigenvalue weighted by Gasteiger charge is -2.03. The zero-order valence-electron chi connectivity index (χ0n) is 11.4. The van der Waals surface area contributed by atoms with E-state index >= 15 is 0 Å². The molecule has 0 bridgehead atoms. The van der Waals surface area contributed by atoms with Crippen molar-refractivity contribution in [3.8, 4) is 5.95 Å². The van der Waals surface area contributed by atoms with Gasteiger partial charge < -0.3 is 0 Å². The molecule has 0 aromatic carbocycles. The van der Waals surface area contributed by atoms with Crippen LogP contribution in [-0.4, -0.2) is 19.7 Å². The highest BCUT2D eigenvalue weighted by molar-refractivity contribution is 5.14. The molecule has 104 valence electrons. The van der Waals surface area contributed by atoms with Crippen molar-refractivity contribution >= 4 is 0 Å². The SMILES string of the molecule is CC(C)=CCCc1cnn(-c2ncc(F)cn2)c(=O)c1. The molecule has 2 aromatic heterocycles. The summed E-state index contributed by atoms with van der Waals surface area (Å²) in [6, 6.07) is 1.50. The zero-order valence-corrected chi connectivity index (χ0v) is 11.4. The third-order valence-electron chi connectivity index (χ3n) is 2.64. The van der Waals surface area contributed by atoms with Crippen LogP contribution in [0.2, 0.25) is 0 Å². The van der Waals surface area contributed by atoms with E-state index < -0.39 is 5.82 Å². The van der Waals surface area contributed by atoms with Crippen molar-refractivity contribution < 1.29 is 4.39 Å². The Balaban J connectivity index is 2.20. The van der Waals surface area contributed by atoms with Gasteiger partial charge in [-0.1, -0.05) is 11.6 Å². The van der Waals surface area contributed by atoms with Crippen molar-refractivity contribution in [3.63, 3.8) is 0 Å². The molecule has 5 nitrogen and oxygen atoms in total. The highest BCUT2D eigenvalue weighted by atomic mass is 19.1. The van der Waals surface area contributed by atoms with Gasteiger partial charge in [-0.3, -0.25) is 4.79 Å². The average Bonchev–Trinajstić information content (AvgIpc) is 2.40. The van der Waals surface area contributed by atoms with E-state index in [2.05, 4.69) is 21.1 Å². The summed E-state index contributed by atoms with van der Waals surface area (Å²) in [7, 11) is 0. The summed E-state index contributed by atoms with van der Waals surface area (Å²) in [5.74, 6) is -0.493. The van der Waals surface area contributed by atoms with Crippen LogP contribution in [0, 0.1) is 5.82 Å². The molecule has 2 rings (SSSR count). The number of aromatic nitrogens is 4. The lowest BCUT2D eigenvalue weighted by Crippen LogP contribution is -2.22. The van der Waals surface area contributed by atoms with E-state index in [1.807, 2.05) is 13.8 Å². The molecule has 0 saturated heterocycles. The standard InChI is InChI=1S/C14H15FN4O/c1-10(2)4-3-5-11-6-13(20)19(18-7-11)14-16-8-12(15)9-17-14/h4,6-9H,3,5H2,1-2H3. The Labute approximate surface area is 115 Å².